The second-order valence-electron chi connectivity index (χ2n) is 6.29. The lowest BCUT2D eigenvalue weighted by atomic mass is 9.77. The molecule has 22 heavy (non-hydrogen) atoms. The minimum atomic E-state index is 0.0376. The molecular formula is C17H23BrN2O2. The summed E-state index contributed by atoms with van der Waals surface area (Å²) >= 11 is 3.47. The van der Waals surface area contributed by atoms with Crippen molar-refractivity contribution < 1.29 is 9.53 Å². The average Bonchev–Trinajstić information content (AvgIpc) is 2.46. The van der Waals surface area contributed by atoms with Gasteiger partial charge in [0.1, 0.15) is 0 Å². The van der Waals surface area contributed by atoms with Crippen LogP contribution in [-0.2, 0) is 4.74 Å². The molecule has 120 valence electrons. The van der Waals surface area contributed by atoms with Gasteiger partial charge in [-0.25, -0.2) is 4.79 Å². The monoisotopic (exact) mass is 366 g/mol. The maximum Gasteiger partial charge on any atom is 0.318 e. The van der Waals surface area contributed by atoms with E-state index in [0.29, 0.717) is 25.7 Å². The number of rotatable bonds is 3. The summed E-state index contributed by atoms with van der Waals surface area (Å²) in [5.74, 6) is 0.557. The average molecular weight is 367 g/mol. The van der Waals surface area contributed by atoms with Crippen LogP contribution < -0.4 is 5.32 Å². The van der Waals surface area contributed by atoms with Crippen molar-refractivity contribution in [2.45, 2.75) is 38.3 Å². The van der Waals surface area contributed by atoms with Crippen molar-refractivity contribution in [3.8, 4) is 0 Å². The molecule has 0 radical (unpaired) electrons. The number of morpholine rings is 1. The lowest BCUT2D eigenvalue weighted by Crippen LogP contribution is -2.52. The topological polar surface area (TPSA) is 41.6 Å². The minimum absolute atomic E-state index is 0.0376. The highest BCUT2D eigenvalue weighted by Crippen LogP contribution is 2.38. The highest BCUT2D eigenvalue weighted by molar-refractivity contribution is 9.10. The third kappa shape index (κ3) is 3.46. The lowest BCUT2D eigenvalue weighted by Gasteiger charge is -2.38. The van der Waals surface area contributed by atoms with Crippen molar-refractivity contribution in [2.75, 3.05) is 19.8 Å². The first-order chi connectivity index (χ1) is 10.6. The maximum atomic E-state index is 12.7. The van der Waals surface area contributed by atoms with Crippen molar-refractivity contribution in [3.05, 3.63) is 34.3 Å². The summed E-state index contributed by atoms with van der Waals surface area (Å²) in [6.07, 6.45) is 3.65. The van der Waals surface area contributed by atoms with E-state index >= 15 is 0 Å². The maximum absolute atomic E-state index is 12.7. The van der Waals surface area contributed by atoms with E-state index in [2.05, 4.69) is 33.4 Å². The van der Waals surface area contributed by atoms with Crippen molar-refractivity contribution in [1.82, 2.24) is 10.2 Å². The van der Waals surface area contributed by atoms with Crippen LogP contribution in [0.15, 0.2) is 28.7 Å². The standard InChI is InChI=1S/C17H23BrN2O2/c1-12-11-22-10-9-20(12)17(21)19-16(13-3-2-4-13)14-5-7-15(18)8-6-14/h5-8,12-13,16H,2-4,9-11H2,1H3,(H,19,21)/t12-,16-/m1/s1. The Balaban J connectivity index is 1.72. The predicted molar refractivity (Wildman–Crippen MR) is 89.7 cm³/mol. The Morgan fingerprint density at radius 2 is 2.09 bits per heavy atom. The lowest BCUT2D eigenvalue weighted by molar-refractivity contribution is 0.0174. The molecule has 0 bridgehead atoms. The Bertz CT molecular complexity index is 516. The molecule has 5 heteroatoms. The van der Waals surface area contributed by atoms with Gasteiger partial charge < -0.3 is 15.0 Å². The molecule has 1 saturated heterocycles. The van der Waals surface area contributed by atoms with Gasteiger partial charge in [0, 0.05) is 11.0 Å². The SMILES string of the molecule is C[C@@H]1COCCN1C(=O)N[C@@H](c1ccc(Br)cc1)C1CCC1. The molecule has 1 heterocycles. The molecule has 2 aliphatic rings. The predicted octanol–water partition coefficient (Wildman–Crippen LogP) is 3.72. The molecule has 4 nitrogen and oxygen atoms in total. The molecule has 1 aromatic rings. The van der Waals surface area contributed by atoms with Crippen molar-refractivity contribution in [3.63, 3.8) is 0 Å². The summed E-state index contributed by atoms with van der Waals surface area (Å²) in [5, 5.41) is 3.27. The summed E-state index contributed by atoms with van der Waals surface area (Å²) < 4.78 is 6.48. The van der Waals surface area contributed by atoms with Gasteiger partial charge in [0.15, 0.2) is 0 Å². The van der Waals surface area contributed by atoms with Gasteiger partial charge in [-0.15, -0.1) is 0 Å². The third-order valence-electron chi connectivity index (χ3n) is 4.76. The number of carbonyl (C=O) groups is 1. The first-order valence-corrected chi connectivity index (χ1v) is 8.85. The second kappa shape index (κ2) is 7.01. The van der Waals surface area contributed by atoms with Gasteiger partial charge in [-0.1, -0.05) is 34.5 Å². The van der Waals surface area contributed by atoms with E-state index in [9.17, 15) is 4.79 Å². The van der Waals surface area contributed by atoms with Crippen LogP contribution in [0.1, 0.15) is 37.8 Å². The van der Waals surface area contributed by atoms with Crippen LogP contribution in [0.4, 0.5) is 4.79 Å². The molecule has 0 unspecified atom stereocenters. The van der Waals surface area contributed by atoms with E-state index < -0.39 is 0 Å². The molecule has 2 fully saturated rings. The molecule has 1 aromatic carbocycles. The summed E-state index contributed by atoms with van der Waals surface area (Å²) in [6.45, 7) is 3.96. The normalized spacial score (nSPS) is 23.7. The molecular weight excluding hydrogens is 344 g/mol. The number of ether oxygens (including phenoxy) is 1. The Hall–Kier alpha value is -1.07. The molecule has 1 aliphatic carbocycles. The van der Waals surface area contributed by atoms with E-state index in [1.165, 1.54) is 24.8 Å². The van der Waals surface area contributed by atoms with Crippen LogP contribution in [0.2, 0.25) is 0 Å². The van der Waals surface area contributed by atoms with E-state index in [-0.39, 0.29) is 18.1 Å². The Kier molecular flexibility index (Phi) is 5.03. The number of hydrogen-bond acceptors (Lipinski definition) is 2. The van der Waals surface area contributed by atoms with E-state index in [1.54, 1.807) is 0 Å². The van der Waals surface area contributed by atoms with Crippen LogP contribution in [0, 0.1) is 5.92 Å². The Morgan fingerprint density at radius 1 is 1.36 bits per heavy atom. The number of carbonyl (C=O) groups excluding carboxylic acids is 1. The molecule has 1 saturated carbocycles. The smallest absolute Gasteiger partial charge is 0.318 e. The summed E-state index contributed by atoms with van der Waals surface area (Å²) in [6, 6.07) is 8.60. The third-order valence-corrected chi connectivity index (χ3v) is 5.29. The zero-order valence-electron chi connectivity index (χ0n) is 12.9. The Morgan fingerprint density at radius 3 is 2.68 bits per heavy atom. The molecule has 2 atom stereocenters. The number of benzene rings is 1. The van der Waals surface area contributed by atoms with Crippen LogP contribution in [-0.4, -0.2) is 36.7 Å². The van der Waals surface area contributed by atoms with Gasteiger partial charge >= 0.3 is 6.03 Å². The highest BCUT2D eigenvalue weighted by atomic mass is 79.9. The molecule has 0 aromatic heterocycles. The fourth-order valence-electron chi connectivity index (χ4n) is 3.16. The van der Waals surface area contributed by atoms with Gasteiger partial charge in [0.25, 0.3) is 0 Å². The first-order valence-electron chi connectivity index (χ1n) is 8.05. The number of urea groups is 1. The molecule has 2 amide bonds. The quantitative estimate of drug-likeness (QED) is 0.885. The van der Waals surface area contributed by atoms with Crippen LogP contribution in [0.5, 0.6) is 0 Å². The largest absolute Gasteiger partial charge is 0.377 e. The van der Waals surface area contributed by atoms with Gasteiger partial charge in [0.2, 0.25) is 0 Å². The van der Waals surface area contributed by atoms with Crippen LogP contribution in [0.3, 0.4) is 0 Å². The van der Waals surface area contributed by atoms with Gasteiger partial charge in [-0.05, 0) is 43.4 Å². The molecule has 0 spiro atoms. The van der Waals surface area contributed by atoms with Crippen molar-refractivity contribution in [2.24, 2.45) is 5.92 Å². The fraction of sp³-hybridized carbons (Fsp3) is 0.588. The van der Waals surface area contributed by atoms with Crippen molar-refractivity contribution >= 4 is 22.0 Å². The van der Waals surface area contributed by atoms with Crippen molar-refractivity contribution in [1.29, 1.82) is 0 Å². The van der Waals surface area contributed by atoms with Gasteiger partial charge in [-0.3, -0.25) is 0 Å². The number of halogens is 1. The summed E-state index contributed by atoms with van der Waals surface area (Å²) in [7, 11) is 0. The minimum Gasteiger partial charge on any atom is -0.377 e. The molecule has 3 rings (SSSR count). The van der Waals surface area contributed by atoms with Gasteiger partial charge in [0.05, 0.1) is 25.3 Å². The van der Waals surface area contributed by atoms with E-state index in [1.807, 2.05) is 24.0 Å². The zero-order valence-corrected chi connectivity index (χ0v) is 14.5. The van der Waals surface area contributed by atoms with Gasteiger partial charge in [-0.2, -0.15) is 0 Å². The highest BCUT2D eigenvalue weighted by Gasteiger charge is 2.32. The van der Waals surface area contributed by atoms with E-state index in [0.717, 1.165) is 4.47 Å². The molecule has 1 N–H and O–H groups in total. The summed E-state index contributed by atoms with van der Waals surface area (Å²) in [5.41, 5.74) is 1.20. The number of amides is 2. The second-order valence-corrected chi connectivity index (χ2v) is 7.20. The summed E-state index contributed by atoms with van der Waals surface area (Å²) in [4.78, 5) is 14.6. The molecule has 1 aliphatic heterocycles. The first kappa shape index (κ1) is 15.8. The number of nitrogens with zero attached hydrogens (tertiary/aromatic N) is 1. The van der Waals surface area contributed by atoms with Crippen LogP contribution in [0.25, 0.3) is 0 Å². The zero-order chi connectivity index (χ0) is 15.5. The Labute approximate surface area is 140 Å². The number of hydrogen-bond donors (Lipinski definition) is 1. The number of nitrogens with one attached hydrogen (secondary N) is 1. The van der Waals surface area contributed by atoms with Crippen LogP contribution >= 0.6 is 15.9 Å². The fourth-order valence-corrected chi connectivity index (χ4v) is 3.43. The van der Waals surface area contributed by atoms with E-state index in [4.69, 9.17) is 4.74 Å².